The first-order valence-corrected chi connectivity index (χ1v) is 12.6. The second kappa shape index (κ2) is 13.3. The van der Waals surface area contributed by atoms with Crippen LogP contribution >= 0.6 is 0 Å². The van der Waals surface area contributed by atoms with Gasteiger partial charge in [0, 0.05) is 32.1 Å². The van der Waals surface area contributed by atoms with Gasteiger partial charge in [0.05, 0.1) is 12.5 Å². The van der Waals surface area contributed by atoms with E-state index < -0.39 is 35.2 Å². The minimum Gasteiger partial charge on any atom is -0.466 e. The molecule has 9 nitrogen and oxygen atoms in total. The van der Waals surface area contributed by atoms with Gasteiger partial charge in [0.2, 0.25) is 5.78 Å². The van der Waals surface area contributed by atoms with Crippen LogP contribution in [0.5, 0.6) is 0 Å². The molecule has 12 heteroatoms. The summed E-state index contributed by atoms with van der Waals surface area (Å²) >= 11 is 0. The number of ketones is 1. The summed E-state index contributed by atoms with van der Waals surface area (Å²) in [5, 5.41) is 0. The average molecular weight is 539 g/mol. The van der Waals surface area contributed by atoms with Crippen molar-refractivity contribution >= 4 is 23.9 Å². The second-order valence-electron chi connectivity index (χ2n) is 11.1. The summed E-state index contributed by atoms with van der Waals surface area (Å²) in [4.78, 5) is 49.2. The van der Waals surface area contributed by atoms with E-state index in [-0.39, 0.29) is 30.9 Å². The van der Waals surface area contributed by atoms with Crippen LogP contribution in [0.4, 0.5) is 22.8 Å². The third-order valence-corrected chi connectivity index (χ3v) is 5.42. The Morgan fingerprint density at radius 2 is 1.16 bits per heavy atom. The van der Waals surface area contributed by atoms with E-state index in [4.69, 9.17) is 14.2 Å². The molecule has 2 rings (SSSR count). The summed E-state index contributed by atoms with van der Waals surface area (Å²) in [6, 6.07) is 0. The zero-order valence-electron chi connectivity index (χ0n) is 22.9. The van der Waals surface area contributed by atoms with Gasteiger partial charge >= 0.3 is 24.3 Å². The summed E-state index contributed by atoms with van der Waals surface area (Å²) < 4.78 is 52.4. The summed E-state index contributed by atoms with van der Waals surface area (Å²) in [7, 11) is 0. The highest BCUT2D eigenvalue weighted by Crippen LogP contribution is 2.27. The highest BCUT2D eigenvalue weighted by atomic mass is 19.4. The maximum atomic E-state index is 12.3. The standard InChI is InChI=1S/C13H23NO4.C12H18F3NO3/c1-5-17-11(15)10-7-6-8-14(9-10)12(16)18-13(2,3)4;1-11(2,3)19-10(18)16-6-4-5-8(7-16)9(17)12(13,14)15/h10H,5-9H2,1-4H3;8H,4-7H2,1-3H3. The number of halogens is 3. The molecule has 0 N–H and O–H groups in total. The van der Waals surface area contributed by atoms with Gasteiger partial charge in [-0.15, -0.1) is 0 Å². The maximum Gasteiger partial charge on any atom is 0.450 e. The molecule has 0 saturated carbocycles. The summed E-state index contributed by atoms with van der Waals surface area (Å²) in [5.74, 6) is -3.38. The zero-order chi connectivity index (χ0) is 28.6. The topological polar surface area (TPSA) is 102 Å². The van der Waals surface area contributed by atoms with Crippen molar-refractivity contribution in [2.45, 2.75) is 91.5 Å². The van der Waals surface area contributed by atoms with E-state index in [9.17, 15) is 32.3 Å². The Labute approximate surface area is 216 Å². The molecule has 0 radical (unpaired) electrons. The van der Waals surface area contributed by atoms with Gasteiger partial charge in [-0.05, 0) is 74.1 Å². The van der Waals surface area contributed by atoms with Crippen LogP contribution in [0, 0.1) is 11.8 Å². The molecule has 2 amide bonds. The molecule has 2 aliphatic rings. The predicted octanol–water partition coefficient (Wildman–Crippen LogP) is 4.96. The van der Waals surface area contributed by atoms with Crippen LogP contribution in [0.3, 0.4) is 0 Å². The van der Waals surface area contributed by atoms with Gasteiger partial charge in [-0.1, -0.05) is 0 Å². The zero-order valence-corrected chi connectivity index (χ0v) is 22.9. The SMILES string of the molecule is CC(C)(C)OC(=O)N1CCCC(C(=O)C(F)(F)F)C1.CCOC(=O)C1CCCN(C(=O)OC(C)(C)C)C1. The van der Waals surface area contributed by atoms with Gasteiger partial charge in [0.25, 0.3) is 0 Å². The molecule has 2 atom stereocenters. The van der Waals surface area contributed by atoms with Crippen LogP contribution < -0.4 is 0 Å². The first-order valence-electron chi connectivity index (χ1n) is 12.6. The molecule has 0 aromatic heterocycles. The summed E-state index contributed by atoms with van der Waals surface area (Å²) in [6.07, 6.45) is -3.77. The third kappa shape index (κ3) is 12.0. The fraction of sp³-hybridized carbons (Fsp3) is 0.840. The van der Waals surface area contributed by atoms with Crippen molar-refractivity contribution in [1.29, 1.82) is 0 Å². The van der Waals surface area contributed by atoms with Crippen molar-refractivity contribution in [2.75, 3.05) is 32.8 Å². The van der Waals surface area contributed by atoms with Gasteiger partial charge in [-0.25, -0.2) is 9.59 Å². The number of Topliss-reactive ketones (excluding diaryl/α,β-unsaturated/α-hetero) is 1. The number of ether oxygens (including phenoxy) is 3. The quantitative estimate of drug-likeness (QED) is 0.370. The van der Waals surface area contributed by atoms with Crippen molar-refractivity contribution in [3.8, 4) is 0 Å². The van der Waals surface area contributed by atoms with Crippen molar-refractivity contribution in [3.05, 3.63) is 0 Å². The number of alkyl halides is 3. The fourth-order valence-corrected chi connectivity index (χ4v) is 3.84. The molecule has 0 aromatic rings. The Balaban J connectivity index is 0.000000371. The van der Waals surface area contributed by atoms with E-state index in [0.717, 1.165) is 12.8 Å². The van der Waals surface area contributed by atoms with Crippen LogP contribution in [-0.2, 0) is 23.8 Å². The fourth-order valence-electron chi connectivity index (χ4n) is 3.84. The lowest BCUT2D eigenvalue weighted by Crippen LogP contribution is -2.47. The number of amides is 2. The second-order valence-corrected chi connectivity index (χ2v) is 11.1. The van der Waals surface area contributed by atoms with Gasteiger partial charge in [0.15, 0.2) is 0 Å². The Morgan fingerprint density at radius 3 is 1.54 bits per heavy atom. The van der Waals surface area contributed by atoms with Crippen LogP contribution in [-0.4, -0.2) is 83.9 Å². The number of carbonyl (C=O) groups excluding carboxylic acids is 4. The normalized spacial score (nSPS) is 20.8. The molecule has 2 fully saturated rings. The molecule has 2 heterocycles. The lowest BCUT2D eigenvalue weighted by atomic mass is 9.93. The molecular formula is C25H41F3N2O7. The van der Waals surface area contributed by atoms with Crippen LogP contribution in [0.15, 0.2) is 0 Å². The first kappa shape index (κ1) is 32.5. The minimum absolute atomic E-state index is 0.150. The number of likely N-dealkylation sites (tertiary alicyclic amines) is 2. The van der Waals surface area contributed by atoms with Crippen LogP contribution in [0.2, 0.25) is 0 Å². The molecule has 2 saturated heterocycles. The summed E-state index contributed by atoms with van der Waals surface area (Å²) in [6.45, 7) is 13.8. The Morgan fingerprint density at radius 1 is 0.757 bits per heavy atom. The summed E-state index contributed by atoms with van der Waals surface area (Å²) in [5.41, 5.74) is -1.22. The molecular weight excluding hydrogens is 497 g/mol. The Hall–Kier alpha value is -2.53. The van der Waals surface area contributed by atoms with E-state index in [0.29, 0.717) is 32.7 Å². The number of hydrogen-bond acceptors (Lipinski definition) is 7. The molecule has 2 aliphatic heterocycles. The first-order chi connectivity index (χ1) is 16.8. The van der Waals surface area contributed by atoms with E-state index in [1.54, 1.807) is 32.6 Å². The lowest BCUT2D eigenvalue weighted by Gasteiger charge is -2.33. The smallest absolute Gasteiger partial charge is 0.450 e. The molecule has 2 unspecified atom stereocenters. The van der Waals surface area contributed by atoms with Crippen molar-refractivity contribution < 1.29 is 46.6 Å². The number of hydrogen-bond donors (Lipinski definition) is 0. The van der Waals surface area contributed by atoms with E-state index in [1.807, 2.05) is 20.8 Å². The van der Waals surface area contributed by atoms with Crippen molar-refractivity contribution in [1.82, 2.24) is 9.80 Å². The third-order valence-electron chi connectivity index (χ3n) is 5.42. The highest BCUT2D eigenvalue weighted by Gasteiger charge is 2.45. The largest absolute Gasteiger partial charge is 0.466 e. The molecule has 0 aromatic carbocycles. The number of piperidine rings is 2. The highest BCUT2D eigenvalue weighted by molar-refractivity contribution is 5.87. The lowest BCUT2D eigenvalue weighted by molar-refractivity contribution is -0.177. The van der Waals surface area contributed by atoms with E-state index >= 15 is 0 Å². The van der Waals surface area contributed by atoms with Gasteiger partial charge < -0.3 is 24.0 Å². The molecule has 214 valence electrons. The number of carbonyl (C=O) groups is 4. The van der Waals surface area contributed by atoms with Crippen LogP contribution in [0.1, 0.15) is 74.1 Å². The molecule has 37 heavy (non-hydrogen) atoms. The maximum absolute atomic E-state index is 12.3. The van der Waals surface area contributed by atoms with Crippen molar-refractivity contribution in [2.24, 2.45) is 11.8 Å². The number of nitrogens with zero attached hydrogens (tertiary/aromatic N) is 2. The van der Waals surface area contributed by atoms with Crippen molar-refractivity contribution in [3.63, 3.8) is 0 Å². The van der Waals surface area contributed by atoms with Gasteiger partial charge in [-0.3, -0.25) is 9.59 Å². The van der Waals surface area contributed by atoms with Crippen LogP contribution in [0.25, 0.3) is 0 Å². The molecule has 0 spiro atoms. The van der Waals surface area contributed by atoms with E-state index in [2.05, 4.69) is 0 Å². The van der Waals surface area contributed by atoms with Gasteiger partial charge in [0.1, 0.15) is 11.2 Å². The molecule has 0 bridgehead atoms. The Kier molecular flexibility index (Phi) is 11.7. The van der Waals surface area contributed by atoms with Gasteiger partial charge in [-0.2, -0.15) is 13.2 Å². The average Bonchev–Trinajstić information content (AvgIpc) is 2.76. The molecule has 0 aliphatic carbocycles. The minimum atomic E-state index is -4.85. The van der Waals surface area contributed by atoms with E-state index in [1.165, 1.54) is 4.90 Å². The number of esters is 1. The monoisotopic (exact) mass is 538 g/mol. The number of rotatable bonds is 3. The Bertz CT molecular complexity index is 804. The predicted molar refractivity (Wildman–Crippen MR) is 129 cm³/mol.